The van der Waals surface area contributed by atoms with Crippen LogP contribution in [0.2, 0.25) is 0 Å². The molecule has 1 aliphatic rings. The zero-order valence-corrected chi connectivity index (χ0v) is 13.5. The number of esters is 1. The van der Waals surface area contributed by atoms with Crippen LogP contribution in [-0.4, -0.2) is 25.5 Å². The lowest BCUT2D eigenvalue weighted by Gasteiger charge is -2.19. The fourth-order valence-electron chi connectivity index (χ4n) is 2.80. The SMILES string of the molecule is COc1ccccc1N1C[C@@H](C(=O)OCc2ccccc2)CC1=O. The number of para-hydroxylation sites is 2. The summed E-state index contributed by atoms with van der Waals surface area (Å²) in [5.41, 5.74) is 1.61. The smallest absolute Gasteiger partial charge is 0.311 e. The van der Waals surface area contributed by atoms with Gasteiger partial charge in [-0.3, -0.25) is 9.59 Å². The van der Waals surface area contributed by atoms with E-state index in [9.17, 15) is 9.59 Å². The zero-order chi connectivity index (χ0) is 16.9. The van der Waals surface area contributed by atoms with Crippen molar-refractivity contribution >= 4 is 17.6 Å². The average Bonchev–Trinajstić information content (AvgIpc) is 3.02. The van der Waals surface area contributed by atoms with Crippen LogP contribution in [0.1, 0.15) is 12.0 Å². The largest absolute Gasteiger partial charge is 0.495 e. The molecule has 0 saturated carbocycles. The predicted molar refractivity (Wildman–Crippen MR) is 89.7 cm³/mol. The van der Waals surface area contributed by atoms with E-state index in [-0.39, 0.29) is 24.9 Å². The van der Waals surface area contributed by atoms with Crippen molar-refractivity contribution in [1.29, 1.82) is 0 Å². The number of ether oxygens (including phenoxy) is 2. The first-order valence-corrected chi connectivity index (χ1v) is 7.83. The summed E-state index contributed by atoms with van der Waals surface area (Å²) in [5.74, 6) is -0.277. The number of hydrogen-bond acceptors (Lipinski definition) is 4. The molecule has 1 heterocycles. The predicted octanol–water partition coefficient (Wildman–Crippen LogP) is 2.79. The Kier molecular flexibility index (Phi) is 4.79. The van der Waals surface area contributed by atoms with Gasteiger partial charge >= 0.3 is 5.97 Å². The van der Waals surface area contributed by atoms with Crippen molar-refractivity contribution in [2.45, 2.75) is 13.0 Å². The Bertz CT molecular complexity index is 729. The van der Waals surface area contributed by atoms with Crippen molar-refractivity contribution in [2.75, 3.05) is 18.6 Å². The molecule has 3 rings (SSSR count). The summed E-state index contributed by atoms with van der Waals surface area (Å²) in [6.07, 6.45) is 0.158. The van der Waals surface area contributed by atoms with Gasteiger partial charge in [0, 0.05) is 13.0 Å². The molecule has 1 amide bonds. The van der Waals surface area contributed by atoms with Crippen LogP contribution in [0.3, 0.4) is 0 Å². The molecule has 0 bridgehead atoms. The van der Waals surface area contributed by atoms with Crippen LogP contribution in [-0.2, 0) is 20.9 Å². The quantitative estimate of drug-likeness (QED) is 0.793. The van der Waals surface area contributed by atoms with Gasteiger partial charge in [0.2, 0.25) is 5.91 Å². The highest BCUT2D eigenvalue weighted by atomic mass is 16.5. The van der Waals surface area contributed by atoms with E-state index in [0.717, 1.165) is 5.56 Å². The van der Waals surface area contributed by atoms with Crippen molar-refractivity contribution in [3.8, 4) is 5.75 Å². The zero-order valence-electron chi connectivity index (χ0n) is 13.5. The van der Waals surface area contributed by atoms with Gasteiger partial charge in [-0.05, 0) is 17.7 Å². The maximum Gasteiger partial charge on any atom is 0.311 e. The molecule has 0 aliphatic carbocycles. The molecule has 1 atom stereocenters. The third-order valence-corrected chi connectivity index (χ3v) is 4.06. The summed E-state index contributed by atoms with van der Waals surface area (Å²) >= 11 is 0. The third-order valence-electron chi connectivity index (χ3n) is 4.06. The van der Waals surface area contributed by atoms with Crippen molar-refractivity contribution in [3.05, 3.63) is 60.2 Å². The van der Waals surface area contributed by atoms with E-state index in [0.29, 0.717) is 18.0 Å². The highest BCUT2D eigenvalue weighted by Crippen LogP contribution is 2.33. The van der Waals surface area contributed by atoms with Crippen LogP contribution in [0, 0.1) is 5.92 Å². The van der Waals surface area contributed by atoms with Gasteiger partial charge in [0.1, 0.15) is 12.4 Å². The van der Waals surface area contributed by atoms with Crippen LogP contribution in [0.5, 0.6) is 5.75 Å². The van der Waals surface area contributed by atoms with Crippen LogP contribution < -0.4 is 9.64 Å². The number of amides is 1. The topological polar surface area (TPSA) is 55.8 Å². The third kappa shape index (κ3) is 3.40. The molecule has 5 nitrogen and oxygen atoms in total. The number of methoxy groups -OCH3 is 1. The van der Waals surface area contributed by atoms with E-state index in [1.165, 1.54) is 0 Å². The molecule has 124 valence electrons. The van der Waals surface area contributed by atoms with Gasteiger partial charge in [-0.15, -0.1) is 0 Å². The van der Waals surface area contributed by atoms with E-state index in [2.05, 4.69) is 0 Å². The summed E-state index contributed by atoms with van der Waals surface area (Å²) < 4.78 is 10.6. The maximum absolute atomic E-state index is 12.3. The molecular formula is C19H19NO4. The first kappa shape index (κ1) is 16.1. The van der Waals surface area contributed by atoms with E-state index < -0.39 is 5.92 Å². The Hall–Kier alpha value is -2.82. The van der Waals surface area contributed by atoms with Gasteiger partial charge in [-0.1, -0.05) is 42.5 Å². The minimum atomic E-state index is -0.453. The molecule has 0 unspecified atom stereocenters. The molecule has 1 fully saturated rings. The van der Waals surface area contributed by atoms with Gasteiger partial charge in [0.15, 0.2) is 0 Å². The number of rotatable bonds is 5. The summed E-state index contributed by atoms with van der Waals surface area (Å²) in [7, 11) is 1.56. The second kappa shape index (κ2) is 7.17. The second-order valence-corrected chi connectivity index (χ2v) is 5.67. The molecule has 2 aromatic carbocycles. The number of carbonyl (C=O) groups excluding carboxylic acids is 2. The van der Waals surface area contributed by atoms with Crippen LogP contribution >= 0.6 is 0 Å². The number of nitrogens with zero attached hydrogens (tertiary/aromatic N) is 1. The van der Waals surface area contributed by atoms with Gasteiger partial charge in [-0.2, -0.15) is 0 Å². The molecule has 1 aliphatic heterocycles. The Morgan fingerprint density at radius 1 is 1.12 bits per heavy atom. The lowest BCUT2D eigenvalue weighted by Crippen LogP contribution is -2.26. The molecule has 2 aromatic rings. The van der Waals surface area contributed by atoms with Crippen molar-refractivity contribution in [1.82, 2.24) is 0 Å². The molecule has 0 aromatic heterocycles. The van der Waals surface area contributed by atoms with Crippen LogP contribution in [0.4, 0.5) is 5.69 Å². The van der Waals surface area contributed by atoms with Crippen molar-refractivity contribution in [2.24, 2.45) is 5.92 Å². The van der Waals surface area contributed by atoms with Crippen LogP contribution in [0.15, 0.2) is 54.6 Å². The van der Waals surface area contributed by atoms with Gasteiger partial charge in [0.25, 0.3) is 0 Å². The first-order chi connectivity index (χ1) is 11.7. The number of hydrogen-bond donors (Lipinski definition) is 0. The van der Waals surface area contributed by atoms with Crippen LogP contribution in [0.25, 0.3) is 0 Å². The average molecular weight is 325 g/mol. The molecule has 0 N–H and O–H groups in total. The van der Waals surface area contributed by atoms with Gasteiger partial charge in [0.05, 0.1) is 18.7 Å². The Morgan fingerprint density at radius 3 is 2.58 bits per heavy atom. The Morgan fingerprint density at radius 2 is 1.83 bits per heavy atom. The maximum atomic E-state index is 12.3. The lowest BCUT2D eigenvalue weighted by molar-refractivity contribution is -0.149. The molecule has 1 saturated heterocycles. The fourth-order valence-corrected chi connectivity index (χ4v) is 2.80. The Balaban J connectivity index is 1.65. The lowest BCUT2D eigenvalue weighted by atomic mass is 10.1. The summed E-state index contributed by atoms with van der Waals surface area (Å²) in [6, 6.07) is 16.8. The molecular weight excluding hydrogens is 306 g/mol. The van der Waals surface area contributed by atoms with Gasteiger partial charge < -0.3 is 14.4 Å². The summed E-state index contributed by atoms with van der Waals surface area (Å²) in [6.45, 7) is 0.534. The van der Waals surface area contributed by atoms with Gasteiger partial charge in [-0.25, -0.2) is 0 Å². The molecule has 0 radical (unpaired) electrons. The van der Waals surface area contributed by atoms with Crippen molar-refractivity contribution in [3.63, 3.8) is 0 Å². The van der Waals surface area contributed by atoms with E-state index >= 15 is 0 Å². The number of benzene rings is 2. The van der Waals surface area contributed by atoms with E-state index in [1.807, 2.05) is 48.5 Å². The van der Waals surface area contributed by atoms with E-state index in [4.69, 9.17) is 9.47 Å². The highest BCUT2D eigenvalue weighted by molar-refractivity contribution is 6.00. The fraction of sp³-hybridized carbons (Fsp3) is 0.263. The highest BCUT2D eigenvalue weighted by Gasteiger charge is 2.37. The first-order valence-electron chi connectivity index (χ1n) is 7.83. The minimum absolute atomic E-state index is 0.0961. The van der Waals surface area contributed by atoms with E-state index in [1.54, 1.807) is 18.1 Å². The van der Waals surface area contributed by atoms with Crippen molar-refractivity contribution < 1.29 is 19.1 Å². The minimum Gasteiger partial charge on any atom is -0.495 e. The normalized spacial score (nSPS) is 17.0. The molecule has 0 spiro atoms. The Labute approximate surface area is 140 Å². The monoisotopic (exact) mass is 325 g/mol. The summed E-state index contributed by atoms with van der Waals surface area (Å²) in [4.78, 5) is 26.1. The summed E-state index contributed by atoms with van der Waals surface area (Å²) in [5, 5.41) is 0. The second-order valence-electron chi connectivity index (χ2n) is 5.67. The number of carbonyl (C=O) groups is 2. The molecule has 5 heteroatoms. The molecule has 24 heavy (non-hydrogen) atoms. The number of anilines is 1. The standard InChI is InChI=1S/C19H19NO4/c1-23-17-10-6-5-9-16(17)20-12-15(11-18(20)21)19(22)24-13-14-7-3-2-4-8-14/h2-10,15H,11-13H2,1H3/t15-/m0/s1.